The molecular weight excluding hydrogens is 356 g/mol. The Kier molecular flexibility index (Phi) is 6.03. The minimum Gasteiger partial charge on any atom is -0.342 e. The van der Waals surface area contributed by atoms with Crippen LogP contribution in [0.25, 0.3) is 0 Å². The quantitative estimate of drug-likeness (QED) is 0.808. The molecular formula is C21H24N4O3. The molecule has 0 atom stereocenters. The topological polar surface area (TPSA) is 82.6 Å². The van der Waals surface area contributed by atoms with Crippen LogP contribution in [-0.2, 0) is 4.79 Å². The van der Waals surface area contributed by atoms with Crippen LogP contribution in [0.2, 0.25) is 0 Å². The molecule has 7 nitrogen and oxygen atoms in total. The van der Waals surface area contributed by atoms with Crippen LogP contribution in [-0.4, -0.2) is 59.2 Å². The first-order valence-corrected chi connectivity index (χ1v) is 9.34. The van der Waals surface area contributed by atoms with Crippen molar-refractivity contribution in [1.82, 2.24) is 14.8 Å². The Morgan fingerprint density at radius 1 is 1.07 bits per heavy atom. The number of hydrogen-bond acceptors (Lipinski definition) is 4. The predicted molar refractivity (Wildman–Crippen MR) is 106 cm³/mol. The van der Waals surface area contributed by atoms with E-state index in [1.54, 1.807) is 15.9 Å². The summed E-state index contributed by atoms with van der Waals surface area (Å²) in [7, 11) is 0. The van der Waals surface area contributed by atoms with Crippen LogP contribution < -0.4 is 5.32 Å². The van der Waals surface area contributed by atoms with Crippen molar-refractivity contribution in [3.63, 3.8) is 0 Å². The van der Waals surface area contributed by atoms with E-state index in [1.807, 2.05) is 24.3 Å². The SMILES string of the molecule is CC(C)c1ccc(NC(=O)c2cc(C(=O)N3CCN(C=O)CC3)ccn2)cc1. The van der Waals surface area contributed by atoms with E-state index < -0.39 is 0 Å². The highest BCUT2D eigenvalue weighted by Gasteiger charge is 2.22. The van der Waals surface area contributed by atoms with Crippen molar-refractivity contribution in [3.05, 3.63) is 59.4 Å². The smallest absolute Gasteiger partial charge is 0.274 e. The second kappa shape index (κ2) is 8.65. The highest BCUT2D eigenvalue weighted by atomic mass is 16.2. The van der Waals surface area contributed by atoms with Crippen molar-refractivity contribution in [2.45, 2.75) is 19.8 Å². The van der Waals surface area contributed by atoms with E-state index in [0.717, 1.165) is 6.41 Å². The molecule has 1 aromatic carbocycles. The summed E-state index contributed by atoms with van der Waals surface area (Å²) in [4.78, 5) is 43.4. The van der Waals surface area contributed by atoms with Crippen LogP contribution in [0.5, 0.6) is 0 Å². The van der Waals surface area contributed by atoms with Gasteiger partial charge in [-0.3, -0.25) is 19.4 Å². The summed E-state index contributed by atoms with van der Waals surface area (Å²) in [6.45, 7) is 6.20. The second-order valence-electron chi connectivity index (χ2n) is 7.09. The fourth-order valence-electron chi connectivity index (χ4n) is 3.05. The van der Waals surface area contributed by atoms with Crippen molar-refractivity contribution < 1.29 is 14.4 Å². The van der Waals surface area contributed by atoms with Crippen molar-refractivity contribution in [2.24, 2.45) is 0 Å². The molecule has 0 spiro atoms. The number of nitrogens with one attached hydrogen (secondary N) is 1. The first-order valence-electron chi connectivity index (χ1n) is 9.34. The van der Waals surface area contributed by atoms with Gasteiger partial charge >= 0.3 is 0 Å². The van der Waals surface area contributed by atoms with E-state index in [2.05, 4.69) is 24.1 Å². The van der Waals surface area contributed by atoms with E-state index in [0.29, 0.717) is 43.3 Å². The second-order valence-corrected chi connectivity index (χ2v) is 7.09. The molecule has 0 saturated carbocycles. The maximum Gasteiger partial charge on any atom is 0.274 e. The van der Waals surface area contributed by atoms with Crippen molar-refractivity contribution >= 4 is 23.9 Å². The lowest BCUT2D eigenvalue weighted by Crippen LogP contribution is -2.48. The minimum atomic E-state index is -0.363. The summed E-state index contributed by atoms with van der Waals surface area (Å²) in [5, 5.41) is 2.81. The number of amides is 3. The van der Waals surface area contributed by atoms with Crippen molar-refractivity contribution in [2.75, 3.05) is 31.5 Å². The van der Waals surface area contributed by atoms with Crippen LogP contribution in [0, 0.1) is 0 Å². The highest BCUT2D eigenvalue weighted by molar-refractivity contribution is 6.04. The van der Waals surface area contributed by atoms with Gasteiger partial charge in [-0.2, -0.15) is 0 Å². The number of hydrogen-bond donors (Lipinski definition) is 1. The largest absolute Gasteiger partial charge is 0.342 e. The molecule has 0 unspecified atom stereocenters. The van der Waals surface area contributed by atoms with Crippen LogP contribution in [0.3, 0.4) is 0 Å². The molecule has 1 aliphatic heterocycles. The Morgan fingerprint density at radius 3 is 2.36 bits per heavy atom. The van der Waals surface area contributed by atoms with Gasteiger partial charge < -0.3 is 15.1 Å². The Balaban J connectivity index is 1.67. The third-order valence-corrected chi connectivity index (χ3v) is 4.83. The average molecular weight is 380 g/mol. The number of aromatic nitrogens is 1. The fraction of sp³-hybridized carbons (Fsp3) is 0.333. The highest BCUT2D eigenvalue weighted by Crippen LogP contribution is 2.18. The maximum absolute atomic E-state index is 12.7. The van der Waals surface area contributed by atoms with Gasteiger partial charge in [0.2, 0.25) is 6.41 Å². The van der Waals surface area contributed by atoms with Gasteiger partial charge in [0, 0.05) is 43.6 Å². The standard InChI is InChI=1S/C21H24N4O3/c1-15(2)16-3-5-18(6-4-16)23-20(27)19-13-17(7-8-22-19)21(28)25-11-9-24(14-26)10-12-25/h3-8,13-15H,9-12H2,1-2H3,(H,23,27). The summed E-state index contributed by atoms with van der Waals surface area (Å²) in [6.07, 6.45) is 2.26. The van der Waals surface area contributed by atoms with Gasteiger partial charge in [-0.1, -0.05) is 26.0 Å². The molecule has 1 aliphatic rings. The Morgan fingerprint density at radius 2 is 1.75 bits per heavy atom. The maximum atomic E-state index is 12.7. The molecule has 7 heteroatoms. The van der Waals surface area contributed by atoms with Crippen LogP contribution in [0.4, 0.5) is 5.69 Å². The molecule has 0 aliphatic carbocycles. The van der Waals surface area contributed by atoms with Crippen LogP contribution >= 0.6 is 0 Å². The van der Waals surface area contributed by atoms with Crippen LogP contribution in [0.15, 0.2) is 42.6 Å². The summed E-state index contributed by atoms with van der Waals surface area (Å²) in [5.74, 6) is -0.108. The molecule has 0 bridgehead atoms. The van der Waals surface area contributed by atoms with E-state index in [1.165, 1.54) is 17.8 Å². The molecule has 2 aromatic rings. The van der Waals surface area contributed by atoms with E-state index in [4.69, 9.17) is 0 Å². The molecule has 1 fully saturated rings. The number of pyridine rings is 1. The number of nitrogens with zero attached hydrogens (tertiary/aromatic N) is 3. The summed E-state index contributed by atoms with van der Waals surface area (Å²) >= 11 is 0. The number of carbonyl (C=O) groups excluding carboxylic acids is 3. The number of piperazine rings is 1. The van der Waals surface area contributed by atoms with Gasteiger partial charge in [-0.15, -0.1) is 0 Å². The van der Waals surface area contributed by atoms with E-state index >= 15 is 0 Å². The molecule has 28 heavy (non-hydrogen) atoms. The molecule has 0 radical (unpaired) electrons. The lowest BCUT2D eigenvalue weighted by molar-refractivity contribution is -0.119. The molecule has 1 aromatic heterocycles. The van der Waals surface area contributed by atoms with Gasteiger partial charge in [0.25, 0.3) is 11.8 Å². The Labute approximate surface area is 164 Å². The van der Waals surface area contributed by atoms with Gasteiger partial charge in [-0.25, -0.2) is 0 Å². The Bertz CT molecular complexity index is 856. The van der Waals surface area contributed by atoms with E-state index in [-0.39, 0.29) is 17.5 Å². The zero-order valence-electron chi connectivity index (χ0n) is 16.1. The third kappa shape index (κ3) is 4.54. The number of rotatable bonds is 5. The monoisotopic (exact) mass is 380 g/mol. The lowest BCUT2D eigenvalue weighted by atomic mass is 10.0. The third-order valence-electron chi connectivity index (χ3n) is 4.83. The zero-order valence-corrected chi connectivity index (χ0v) is 16.1. The first-order chi connectivity index (χ1) is 13.5. The van der Waals surface area contributed by atoms with E-state index in [9.17, 15) is 14.4 Å². The summed E-state index contributed by atoms with van der Waals surface area (Å²) in [6, 6.07) is 10.8. The molecule has 3 amide bonds. The summed E-state index contributed by atoms with van der Waals surface area (Å²) < 4.78 is 0. The van der Waals surface area contributed by atoms with Gasteiger partial charge in [-0.05, 0) is 35.7 Å². The molecule has 146 valence electrons. The minimum absolute atomic E-state index is 0.164. The normalized spacial score (nSPS) is 14.1. The van der Waals surface area contributed by atoms with Crippen molar-refractivity contribution in [1.29, 1.82) is 0 Å². The zero-order chi connectivity index (χ0) is 20.1. The lowest BCUT2D eigenvalue weighted by Gasteiger charge is -2.32. The number of carbonyl (C=O) groups is 3. The Hall–Kier alpha value is -3.22. The fourth-order valence-corrected chi connectivity index (χ4v) is 3.05. The van der Waals surface area contributed by atoms with Gasteiger partial charge in [0.05, 0.1) is 0 Å². The molecule has 1 N–H and O–H groups in total. The number of anilines is 1. The molecule has 2 heterocycles. The summed E-state index contributed by atoms with van der Waals surface area (Å²) in [5.41, 5.74) is 2.47. The molecule has 1 saturated heterocycles. The molecule has 3 rings (SSSR count). The van der Waals surface area contributed by atoms with Crippen LogP contribution in [0.1, 0.15) is 46.2 Å². The van der Waals surface area contributed by atoms with Gasteiger partial charge in [0.1, 0.15) is 5.69 Å². The van der Waals surface area contributed by atoms with Crippen molar-refractivity contribution in [3.8, 4) is 0 Å². The average Bonchev–Trinajstić information content (AvgIpc) is 2.73. The number of benzene rings is 1. The van der Waals surface area contributed by atoms with Gasteiger partial charge in [0.15, 0.2) is 0 Å². The first kappa shape index (κ1) is 19.5. The predicted octanol–water partition coefficient (Wildman–Crippen LogP) is 2.37.